The molecule has 4 aromatic rings. The summed E-state index contributed by atoms with van der Waals surface area (Å²) in [6.07, 6.45) is 1.82. The Balaban J connectivity index is 1.75. The van der Waals surface area contributed by atoms with Gasteiger partial charge in [-0.3, -0.25) is 14.5 Å². The second-order valence-corrected chi connectivity index (χ2v) is 10.4. The number of ketones is 1. The van der Waals surface area contributed by atoms with Crippen molar-refractivity contribution < 1.29 is 24.2 Å². The van der Waals surface area contributed by atoms with Crippen molar-refractivity contribution in [1.29, 1.82) is 0 Å². The van der Waals surface area contributed by atoms with Crippen LogP contribution in [0.1, 0.15) is 43.9 Å². The normalized spacial score (nSPS) is 17.1. The van der Waals surface area contributed by atoms with Crippen molar-refractivity contribution >= 4 is 61.5 Å². The number of hydrogen-bond acceptors (Lipinski definition) is 8. The molecule has 3 aromatic heterocycles. The fourth-order valence-corrected chi connectivity index (χ4v) is 5.71. The molecule has 4 heterocycles. The number of imidazole rings is 1. The molecule has 1 amide bonds. The van der Waals surface area contributed by atoms with Crippen molar-refractivity contribution in [2.24, 2.45) is 0 Å². The zero-order valence-electron chi connectivity index (χ0n) is 20.3. The summed E-state index contributed by atoms with van der Waals surface area (Å²) in [6.45, 7) is 5.31. The molecule has 1 aromatic carbocycles. The number of carbonyl (C=O) groups is 3. The highest BCUT2D eigenvalue weighted by Crippen LogP contribution is 2.44. The first-order valence-corrected chi connectivity index (χ1v) is 12.8. The minimum absolute atomic E-state index is 0.107. The van der Waals surface area contributed by atoms with Gasteiger partial charge in [0.05, 0.1) is 30.1 Å². The molecule has 1 fully saturated rings. The van der Waals surface area contributed by atoms with Gasteiger partial charge in [0.1, 0.15) is 16.2 Å². The molecule has 5 rings (SSSR count). The lowest BCUT2D eigenvalue weighted by Crippen LogP contribution is -2.29. The zero-order chi connectivity index (χ0) is 26.6. The van der Waals surface area contributed by atoms with Gasteiger partial charge < -0.3 is 14.2 Å². The molecular weight excluding hydrogens is 560 g/mol. The maximum absolute atomic E-state index is 13.5. The molecule has 0 radical (unpaired) electrons. The molecule has 0 aliphatic carbocycles. The summed E-state index contributed by atoms with van der Waals surface area (Å²) in [4.78, 5) is 49.6. The molecule has 0 spiro atoms. The number of aliphatic hydroxyl groups excluding tert-OH is 1. The second kappa shape index (κ2) is 9.24. The fraction of sp³-hybridized carbons (Fsp3) is 0.192. The van der Waals surface area contributed by atoms with Crippen LogP contribution >= 0.6 is 27.3 Å². The van der Waals surface area contributed by atoms with Crippen LogP contribution in [0.3, 0.4) is 0 Å². The van der Waals surface area contributed by atoms with Gasteiger partial charge >= 0.3 is 11.9 Å². The Labute approximate surface area is 224 Å². The molecule has 1 N–H and O–H groups in total. The van der Waals surface area contributed by atoms with Crippen molar-refractivity contribution in [3.8, 4) is 0 Å². The number of aromatic nitrogens is 3. The average Bonchev–Trinajstić information content (AvgIpc) is 3.51. The molecule has 9 nitrogen and oxygen atoms in total. The minimum atomic E-state index is -0.991. The predicted octanol–water partition coefficient (Wildman–Crippen LogP) is 4.89. The van der Waals surface area contributed by atoms with Crippen LogP contribution in [0.15, 0.2) is 52.6 Å². The van der Waals surface area contributed by atoms with E-state index < -0.39 is 23.7 Å². The number of hydrogen-bond donors (Lipinski definition) is 1. The number of anilines is 1. The zero-order valence-corrected chi connectivity index (χ0v) is 22.7. The number of pyridine rings is 1. The highest BCUT2D eigenvalue weighted by molar-refractivity contribution is 9.10. The van der Waals surface area contributed by atoms with Crippen LogP contribution in [0.2, 0.25) is 0 Å². The van der Waals surface area contributed by atoms with Gasteiger partial charge in [-0.1, -0.05) is 45.5 Å². The van der Waals surface area contributed by atoms with E-state index in [0.717, 1.165) is 21.4 Å². The first-order valence-electron chi connectivity index (χ1n) is 11.2. The van der Waals surface area contributed by atoms with Crippen LogP contribution in [-0.4, -0.2) is 44.2 Å². The van der Waals surface area contributed by atoms with Gasteiger partial charge in [-0.2, -0.15) is 0 Å². The number of aryl methyl sites for hydroxylation is 3. The predicted molar refractivity (Wildman–Crippen MR) is 142 cm³/mol. The van der Waals surface area contributed by atoms with Crippen LogP contribution in [0.25, 0.3) is 11.4 Å². The van der Waals surface area contributed by atoms with Crippen LogP contribution in [0.5, 0.6) is 0 Å². The number of methoxy groups -OCH3 is 1. The van der Waals surface area contributed by atoms with Gasteiger partial charge in [-0.15, -0.1) is 0 Å². The Morgan fingerprint density at radius 1 is 1.11 bits per heavy atom. The first-order chi connectivity index (χ1) is 17.6. The summed E-state index contributed by atoms with van der Waals surface area (Å²) in [5.74, 6) is -2.70. The van der Waals surface area contributed by atoms with E-state index in [9.17, 15) is 19.5 Å². The standard InChI is InChI=1S/C26H21BrN4O5S/c1-12-6-5-11-30-14(3)18(29-23(12)30)20(32)17-19(15-7-9-16(27)10-8-15)31(24(34)21(17)33)26-28-13(2)22(37-26)25(35)36-4/h5-11,19,32H,1-4H3. The van der Waals surface area contributed by atoms with E-state index in [1.54, 1.807) is 38.1 Å². The van der Waals surface area contributed by atoms with E-state index in [0.29, 0.717) is 22.6 Å². The maximum atomic E-state index is 13.5. The topological polar surface area (TPSA) is 114 Å². The van der Waals surface area contributed by atoms with E-state index in [2.05, 4.69) is 25.9 Å². The average molecular weight is 581 g/mol. The Kier molecular flexibility index (Phi) is 6.20. The number of nitrogens with zero attached hydrogens (tertiary/aromatic N) is 4. The lowest BCUT2D eigenvalue weighted by molar-refractivity contribution is -0.132. The number of Topliss-reactive ketones (excluding diaryl/α,β-unsaturated/α-hetero) is 1. The molecule has 1 atom stereocenters. The molecule has 1 aliphatic heterocycles. The van der Waals surface area contributed by atoms with Crippen molar-refractivity contribution in [3.63, 3.8) is 0 Å². The molecule has 1 unspecified atom stereocenters. The van der Waals surface area contributed by atoms with E-state index >= 15 is 0 Å². The minimum Gasteiger partial charge on any atom is -0.505 e. The number of ether oxygens (including phenoxy) is 1. The van der Waals surface area contributed by atoms with Gasteiger partial charge in [0.2, 0.25) is 0 Å². The number of thiazole rings is 1. The third-order valence-corrected chi connectivity index (χ3v) is 7.97. The maximum Gasteiger partial charge on any atom is 0.350 e. The Morgan fingerprint density at radius 3 is 2.46 bits per heavy atom. The number of halogens is 1. The van der Waals surface area contributed by atoms with E-state index in [1.807, 2.05) is 29.7 Å². The molecule has 188 valence electrons. The molecule has 0 bridgehead atoms. The van der Waals surface area contributed by atoms with Gasteiger partial charge in [-0.05, 0) is 50.1 Å². The molecule has 1 aliphatic rings. The summed E-state index contributed by atoms with van der Waals surface area (Å²) < 4.78 is 7.46. The number of esters is 1. The number of fused-ring (bicyclic) bond motifs is 1. The molecular formula is C26H21BrN4O5S. The van der Waals surface area contributed by atoms with Crippen LogP contribution < -0.4 is 4.90 Å². The van der Waals surface area contributed by atoms with E-state index in [4.69, 9.17) is 4.74 Å². The second-order valence-electron chi connectivity index (χ2n) is 8.55. The van der Waals surface area contributed by atoms with E-state index in [1.165, 1.54) is 12.0 Å². The Hall–Kier alpha value is -3.83. The quantitative estimate of drug-likeness (QED) is 0.158. The summed E-state index contributed by atoms with van der Waals surface area (Å²) in [7, 11) is 1.26. The number of rotatable bonds is 4. The third kappa shape index (κ3) is 3.94. The fourth-order valence-electron chi connectivity index (χ4n) is 4.43. The summed E-state index contributed by atoms with van der Waals surface area (Å²) in [5.41, 5.74) is 3.19. The third-order valence-electron chi connectivity index (χ3n) is 6.30. The number of amides is 1. The van der Waals surface area contributed by atoms with Crippen molar-refractivity contribution in [1.82, 2.24) is 14.4 Å². The van der Waals surface area contributed by atoms with Crippen LogP contribution in [0, 0.1) is 20.8 Å². The Morgan fingerprint density at radius 2 is 1.81 bits per heavy atom. The number of benzene rings is 1. The van der Waals surface area contributed by atoms with Gasteiger partial charge in [0.15, 0.2) is 10.9 Å². The molecule has 37 heavy (non-hydrogen) atoms. The lowest BCUT2D eigenvalue weighted by Gasteiger charge is -2.22. The monoisotopic (exact) mass is 580 g/mol. The SMILES string of the molecule is COC(=O)c1sc(N2C(=O)C(=O)C(=C(O)c3nc4c(C)cccn4c3C)C2c2ccc(Br)cc2)nc1C. The van der Waals surface area contributed by atoms with Gasteiger partial charge in [0, 0.05) is 10.7 Å². The van der Waals surface area contributed by atoms with Crippen molar-refractivity contribution in [3.05, 3.63) is 85.7 Å². The Bertz CT molecular complexity index is 1640. The van der Waals surface area contributed by atoms with E-state index in [-0.39, 0.29) is 27.0 Å². The molecule has 1 saturated heterocycles. The largest absolute Gasteiger partial charge is 0.505 e. The summed E-state index contributed by atoms with van der Waals surface area (Å²) >= 11 is 4.36. The van der Waals surface area contributed by atoms with Crippen LogP contribution in [0.4, 0.5) is 5.13 Å². The summed E-state index contributed by atoms with van der Waals surface area (Å²) in [6, 6.07) is 9.84. The molecule has 11 heteroatoms. The van der Waals surface area contributed by atoms with Crippen molar-refractivity contribution in [2.45, 2.75) is 26.8 Å². The summed E-state index contributed by atoms with van der Waals surface area (Å²) in [5, 5.41) is 11.7. The highest BCUT2D eigenvalue weighted by Gasteiger charge is 2.49. The van der Waals surface area contributed by atoms with Crippen molar-refractivity contribution in [2.75, 3.05) is 12.0 Å². The highest BCUT2D eigenvalue weighted by atomic mass is 79.9. The number of carbonyl (C=O) groups excluding carboxylic acids is 3. The first kappa shape index (κ1) is 24.8. The number of aliphatic hydroxyl groups is 1. The van der Waals surface area contributed by atoms with Crippen LogP contribution in [-0.2, 0) is 14.3 Å². The molecule has 0 saturated carbocycles. The van der Waals surface area contributed by atoms with Gasteiger partial charge in [-0.25, -0.2) is 14.8 Å². The smallest absolute Gasteiger partial charge is 0.350 e. The van der Waals surface area contributed by atoms with Gasteiger partial charge in [0.25, 0.3) is 5.78 Å². The lowest BCUT2D eigenvalue weighted by atomic mass is 9.96.